The molecule has 3 nitrogen and oxygen atoms in total. The van der Waals surface area contributed by atoms with Gasteiger partial charge in [-0.05, 0) is 73.8 Å². The third-order valence-electron chi connectivity index (χ3n) is 5.27. The molecule has 0 amide bonds. The van der Waals surface area contributed by atoms with Crippen LogP contribution in [0.4, 0.5) is 0 Å². The Bertz CT molecular complexity index is 648. The minimum absolute atomic E-state index is 0.120. The summed E-state index contributed by atoms with van der Waals surface area (Å²) in [6.07, 6.45) is 13.1. The molecule has 0 atom stereocenters. The van der Waals surface area contributed by atoms with Crippen molar-refractivity contribution in [3.05, 3.63) is 28.3 Å². The maximum absolute atomic E-state index is 11.9. The molecule has 0 unspecified atom stereocenters. The van der Waals surface area contributed by atoms with Crippen molar-refractivity contribution < 1.29 is 13.0 Å². The lowest BCUT2D eigenvalue weighted by Crippen LogP contribution is -2.11. The summed E-state index contributed by atoms with van der Waals surface area (Å²) in [6.45, 7) is 8.43. The summed E-state index contributed by atoms with van der Waals surface area (Å²) in [4.78, 5) is 0.120. The van der Waals surface area contributed by atoms with Crippen LogP contribution in [-0.4, -0.2) is 13.0 Å². The van der Waals surface area contributed by atoms with Crippen molar-refractivity contribution >= 4 is 10.1 Å². The fourth-order valence-electron chi connectivity index (χ4n) is 3.73. The molecule has 1 aromatic carbocycles. The summed E-state index contributed by atoms with van der Waals surface area (Å²) in [7, 11) is -4.18. The molecule has 1 rings (SSSR count). The van der Waals surface area contributed by atoms with Gasteiger partial charge in [0, 0.05) is 0 Å². The van der Waals surface area contributed by atoms with Gasteiger partial charge in [-0.3, -0.25) is 4.55 Å². The van der Waals surface area contributed by atoms with Crippen LogP contribution in [0.2, 0.25) is 0 Å². The molecule has 0 aliphatic rings. The van der Waals surface area contributed by atoms with E-state index in [-0.39, 0.29) is 4.90 Å². The number of unbranched alkanes of at least 4 members (excludes halogenated alkanes) is 6. The molecule has 0 saturated carbocycles. The van der Waals surface area contributed by atoms with Crippen molar-refractivity contribution in [1.29, 1.82) is 0 Å². The Balaban J connectivity index is 3.37. The average Bonchev–Trinajstić information content (AvgIpc) is 2.58. The van der Waals surface area contributed by atoms with Crippen molar-refractivity contribution in [1.82, 2.24) is 0 Å². The van der Waals surface area contributed by atoms with Crippen molar-refractivity contribution in [2.45, 2.75) is 110 Å². The first-order valence-electron chi connectivity index (χ1n) is 10.5. The van der Waals surface area contributed by atoms with E-state index in [0.717, 1.165) is 75.3 Å². The monoisotopic (exact) mass is 382 g/mol. The highest BCUT2D eigenvalue weighted by Crippen LogP contribution is 2.30. The van der Waals surface area contributed by atoms with Gasteiger partial charge in [-0.2, -0.15) is 8.42 Å². The summed E-state index contributed by atoms with van der Waals surface area (Å²) >= 11 is 0. The van der Waals surface area contributed by atoms with Crippen LogP contribution in [0.5, 0.6) is 0 Å². The molecule has 26 heavy (non-hydrogen) atoms. The van der Waals surface area contributed by atoms with Crippen LogP contribution in [0.1, 0.15) is 101 Å². The van der Waals surface area contributed by atoms with Crippen molar-refractivity contribution in [2.75, 3.05) is 0 Å². The normalized spacial score (nSPS) is 11.9. The third kappa shape index (κ3) is 7.03. The highest BCUT2D eigenvalue weighted by atomic mass is 32.2. The highest BCUT2D eigenvalue weighted by Gasteiger charge is 2.21. The number of benzene rings is 1. The summed E-state index contributed by atoms with van der Waals surface area (Å²) in [5.41, 5.74) is 4.43. The molecular formula is C22H38O3S. The van der Waals surface area contributed by atoms with Gasteiger partial charge in [0.1, 0.15) is 0 Å². The molecule has 0 fully saturated rings. The van der Waals surface area contributed by atoms with E-state index in [1.54, 1.807) is 6.07 Å². The van der Waals surface area contributed by atoms with Gasteiger partial charge >= 0.3 is 0 Å². The smallest absolute Gasteiger partial charge is 0.282 e. The van der Waals surface area contributed by atoms with Crippen LogP contribution in [0.25, 0.3) is 0 Å². The molecule has 0 saturated heterocycles. The lowest BCUT2D eigenvalue weighted by atomic mass is 9.87. The van der Waals surface area contributed by atoms with Gasteiger partial charge < -0.3 is 0 Å². The van der Waals surface area contributed by atoms with E-state index in [4.69, 9.17) is 0 Å². The number of hydrogen-bond acceptors (Lipinski definition) is 2. The average molecular weight is 383 g/mol. The third-order valence-corrected chi connectivity index (χ3v) is 6.25. The van der Waals surface area contributed by atoms with Crippen molar-refractivity contribution in [3.63, 3.8) is 0 Å². The lowest BCUT2D eigenvalue weighted by Gasteiger charge is -2.20. The zero-order chi connectivity index (χ0) is 19.6. The van der Waals surface area contributed by atoms with Gasteiger partial charge in [0.2, 0.25) is 0 Å². The highest BCUT2D eigenvalue weighted by molar-refractivity contribution is 7.85. The van der Waals surface area contributed by atoms with Gasteiger partial charge in [0.05, 0.1) is 4.90 Å². The predicted octanol–water partition coefficient (Wildman–Crippen LogP) is 6.44. The van der Waals surface area contributed by atoms with E-state index < -0.39 is 10.1 Å². The minimum Gasteiger partial charge on any atom is -0.282 e. The van der Waals surface area contributed by atoms with Crippen LogP contribution >= 0.6 is 0 Å². The second kappa shape index (κ2) is 11.8. The summed E-state index contributed by atoms with van der Waals surface area (Å²) in [5.74, 6) is 0. The molecule has 0 radical (unpaired) electrons. The predicted molar refractivity (Wildman–Crippen MR) is 111 cm³/mol. The van der Waals surface area contributed by atoms with Gasteiger partial charge in [0.25, 0.3) is 10.1 Å². The van der Waals surface area contributed by atoms with E-state index in [9.17, 15) is 13.0 Å². The molecule has 150 valence electrons. The second-order valence-corrected chi connectivity index (χ2v) is 8.85. The molecule has 0 bridgehead atoms. The molecule has 0 spiro atoms. The van der Waals surface area contributed by atoms with Crippen LogP contribution in [0.3, 0.4) is 0 Å². The minimum atomic E-state index is -4.18. The topological polar surface area (TPSA) is 54.4 Å². The Morgan fingerprint density at radius 1 is 0.769 bits per heavy atom. The first-order valence-corrected chi connectivity index (χ1v) is 11.9. The van der Waals surface area contributed by atoms with Gasteiger partial charge in [-0.1, -0.05) is 59.3 Å². The summed E-state index contributed by atoms with van der Waals surface area (Å²) in [5, 5.41) is 0. The molecule has 1 N–H and O–H groups in total. The van der Waals surface area contributed by atoms with Crippen molar-refractivity contribution in [3.8, 4) is 0 Å². The van der Waals surface area contributed by atoms with Gasteiger partial charge in [-0.15, -0.1) is 0 Å². The van der Waals surface area contributed by atoms with E-state index in [2.05, 4.69) is 20.8 Å². The largest absolute Gasteiger partial charge is 0.294 e. The Labute approximate surface area is 161 Å². The van der Waals surface area contributed by atoms with E-state index >= 15 is 0 Å². The first-order chi connectivity index (χ1) is 12.4. The molecule has 1 aromatic rings. The van der Waals surface area contributed by atoms with E-state index in [1.807, 2.05) is 6.92 Å². The standard InChI is InChI=1S/C22H38O3S/c1-5-8-11-14-19-17-22(26(23,24)25)18(4)20(15-12-9-6-2)21(19)16-13-10-7-3/h17H,5-16H2,1-4H3,(H,23,24,25). The molecule has 0 aliphatic carbocycles. The molecule has 0 heterocycles. The number of rotatable bonds is 13. The Morgan fingerprint density at radius 3 is 1.69 bits per heavy atom. The molecule has 0 aromatic heterocycles. The van der Waals surface area contributed by atoms with Crippen LogP contribution in [0, 0.1) is 6.92 Å². The van der Waals surface area contributed by atoms with Gasteiger partial charge in [-0.25, -0.2) is 0 Å². The fourth-order valence-corrected chi connectivity index (χ4v) is 4.53. The lowest BCUT2D eigenvalue weighted by molar-refractivity contribution is 0.482. The maximum atomic E-state index is 11.9. The Hall–Kier alpha value is -0.870. The maximum Gasteiger partial charge on any atom is 0.294 e. The quantitative estimate of drug-likeness (QED) is 0.315. The SMILES string of the molecule is CCCCCc1cc(S(=O)(=O)O)c(C)c(CCCCC)c1CCCCC. The molecular weight excluding hydrogens is 344 g/mol. The van der Waals surface area contributed by atoms with E-state index in [0.29, 0.717) is 0 Å². The van der Waals surface area contributed by atoms with Gasteiger partial charge in [0.15, 0.2) is 0 Å². The number of hydrogen-bond donors (Lipinski definition) is 1. The van der Waals surface area contributed by atoms with Crippen LogP contribution in [0.15, 0.2) is 11.0 Å². The second-order valence-electron chi connectivity index (χ2n) is 7.46. The van der Waals surface area contributed by atoms with Crippen LogP contribution < -0.4 is 0 Å². The number of aryl methyl sites for hydroxylation is 1. The van der Waals surface area contributed by atoms with Crippen molar-refractivity contribution in [2.24, 2.45) is 0 Å². The Morgan fingerprint density at radius 2 is 1.23 bits per heavy atom. The fraction of sp³-hybridized carbons (Fsp3) is 0.727. The summed E-state index contributed by atoms with van der Waals surface area (Å²) in [6, 6.07) is 1.75. The Kier molecular flexibility index (Phi) is 10.5. The molecule has 4 heteroatoms. The zero-order valence-electron chi connectivity index (χ0n) is 17.2. The first kappa shape index (κ1) is 23.2. The zero-order valence-corrected chi connectivity index (χ0v) is 18.1. The summed E-state index contributed by atoms with van der Waals surface area (Å²) < 4.78 is 33.6. The van der Waals surface area contributed by atoms with Crippen LogP contribution in [-0.2, 0) is 29.4 Å². The van der Waals surface area contributed by atoms with E-state index in [1.165, 1.54) is 24.0 Å². The molecule has 0 aliphatic heterocycles.